The molecule has 12 bridgehead atoms. The number of aliphatic hydroxyl groups is 12. The van der Waals surface area contributed by atoms with E-state index in [0.29, 0.717) is 0 Å². The molecule has 22 heterocycles. The zero-order valence-electron chi connectivity index (χ0n) is 32.6. The second kappa shape index (κ2) is 20.9. The Labute approximate surface area is 343 Å². The maximum absolute atomic E-state index is 11.1. The Hall–Kier alpha value is -0.960. The molecule has 0 aromatic rings. The van der Waals surface area contributed by atoms with Gasteiger partial charge in [-0.05, 0) is 0 Å². The van der Waals surface area contributed by atoms with Crippen LogP contribution in [0.1, 0.15) is 38.5 Å². The van der Waals surface area contributed by atoms with Crippen LogP contribution in [0.2, 0.25) is 0 Å². The number of hydrogen-bond acceptors (Lipinski definition) is 24. The lowest BCUT2D eigenvalue weighted by molar-refractivity contribution is -0.373. The van der Waals surface area contributed by atoms with Gasteiger partial charge < -0.3 is 118 Å². The highest BCUT2D eigenvalue weighted by molar-refractivity contribution is 4.93. The van der Waals surface area contributed by atoms with E-state index in [9.17, 15) is 61.3 Å². The summed E-state index contributed by atoms with van der Waals surface area (Å²) >= 11 is 0. The van der Waals surface area contributed by atoms with Gasteiger partial charge in [0.05, 0.1) is 76.3 Å². The van der Waals surface area contributed by atoms with Crippen LogP contribution >= 0.6 is 0 Å². The third-order valence-corrected chi connectivity index (χ3v) is 12.0. The van der Waals surface area contributed by atoms with Crippen LogP contribution in [0.4, 0.5) is 0 Å². The molecule has 0 saturated carbocycles. The average molecular weight is 877 g/mol. The highest BCUT2D eigenvalue weighted by atomic mass is 16.8. The van der Waals surface area contributed by atoms with Crippen molar-refractivity contribution in [2.24, 2.45) is 0 Å². The summed E-state index contributed by atoms with van der Waals surface area (Å²) in [5.41, 5.74) is 0. The zero-order valence-corrected chi connectivity index (χ0v) is 32.6. The topological polar surface area (TPSA) is 354 Å². The molecule has 22 fully saturated rings. The minimum absolute atomic E-state index is 0.201. The lowest BCUT2D eigenvalue weighted by Gasteiger charge is -2.47. The van der Waals surface area contributed by atoms with Crippen LogP contribution in [0.25, 0.3) is 0 Å². The number of hydrogen-bond donors (Lipinski definition) is 12. The van der Waals surface area contributed by atoms with Crippen LogP contribution in [-0.2, 0) is 56.8 Å². The van der Waals surface area contributed by atoms with E-state index in [2.05, 4.69) is 0 Å². The number of rotatable bonds is 6. The van der Waals surface area contributed by atoms with Crippen LogP contribution in [0.15, 0.2) is 0 Å². The van der Waals surface area contributed by atoms with Gasteiger partial charge in [0.2, 0.25) is 0 Å². The van der Waals surface area contributed by atoms with E-state index in [-0.39, 0.29) is 38.5 Å². The summed E-state index contributed by atoms with van der Waals surface area (Å²) in [7, 11) is 0. The fourth-order valence-corrected chi connectivity index (χ4v) is 8.70. The first-order valence-corrected chi connectivity index (χ1v) is 20.5. The summed E-state index contributed by atoms with van der Waals surface area (Å²) in [6.45, 7) is -3.79. The van der Waals surface area contributed by atoms with Crippen LogP contribution in [0, 0.1) is 0 Å². The molecule has 0 aromatic carbocycles. The van der Waals surface area contributed by atoms with E-state index in [1.165, 1.54) is 0 Å². The lowest BCUT2D eigenvalue weighted by Crippen LogP contribution is -2.60. The standard InChI is InChI=1S/C36H60O24/c37-7-25-19-1-13(43)31(55-25)50-20-3-15(45)33(57-26(20)8-38)52-22-5-17(47)35(59-28(22)10-40)54-24-6-18(48)36(60-30(24)12-42)53-23-4-16(46)34(58-29(23)11-41)51-21-2-14(44)32(49-19)56-27(21)9-39/h13-48H,1-12H2/t13-,14-,15-,16-,17-,18-,19+,20+,21+,22+,23+,24+,25-,26-,27-,28-,29-,30-,31-,32-,33-,34-,35-,36-/m1/s1. The molecule has 0 radical (unpaired) electrons. The van der Waals surface area contributed by atoms with E-state index in [4.69, 9.17) is 56.8 Å². The molecule has 24 atom stereocenters. The van der Waals surface area contributed by atoms with Gasteiger partial charge >= 0.3 is 0 Å². The maximum atomic E-state index is 11.1. The second-order valence-electron chi connectivity index (χ2n) is 16.2. The SMILES string of the molecule is OC[C@H]1O[C@H]2O[C@H]3C[C@@H](O)[C@H](O[C@H]4C[C@@H](O)[C@H](O[C@H]5C[C@@H](O)[C@H](O[C@H]6C[C@@H](O)[C@H](O[C@H]7C[C@@H](O)[C@H](O[C@H]1C[C@H]2O)O[C@@H]7CO)O[C@@H]6CO)O[C@@H]5CO)O[C@@H]4CO)O[C@@H]3CO. The van der Waals surface area contributed by atoms with E-state index in [1.807, 2.05) is 0 Å². The molecule has 0 aliphatic carbocycles. The molecule has 348 valence electrons. The van der Waals surface area contributed by atoms with Crippen molar-refractivity contribution in [3.05, 3.63) is 0 Å². The Bertz CT molecular complexity index is 1070. The summed E-state index contributed by atoms with van der Waals surface area (Å²) in [5.74, 6) is 0. The van der Waals surface area contributed by atoms with Crippen molar-refractivity contribution in [1.29, 1.82) is 0 Å². The number of ether oxygens (including phenoxy) is 12. The Morgan fingerprint density at radius 3 is 0.483 bits per heavy atom. The highest BCUT2D eigenvalue weighted by Crippen LogP contribution is 2.37. The fourth-order valence-electron chi connectivity index (χ4n) is 8.70. The summed E-state index contributed by atoms with van der Waals surface area (Å²) in [6.07, 6.45) is -31.3. The lowest BCUT2D eigenvalue weighted by atomic mass is 9.98. The highest BCUT2D eigenvalue weighted by Gasteiger charge is 2.51. The van der Waals surface area contributed by atoms with Crippen LogP contribution in [0.5, 0.6) is 0 Å². The molecule has 0 amide bonds. The first-order chi connectivity index (χ1) is 28.9. The van der Waals surface area contributed by atoms with Gasteiger partial charge in [-0.1, -0.05) is 0 Å². The van der Waals surface area contributed by atoms with Crippen LogP contribution in [0.3, 0.4) is 0 Å². The fraction of sp³-hybridized carbons (Fsp3) is 1.00. The Balaban J connectivity index is 1.11. The van der Waals surface area contributed by atoms with E-state index in [1.54, 1.807) is 0 Å². The zero-order chi connectivity index (χ0) is 42.8. The van der Waals surface area contributed by atoms with Crippen LogP contribution < -0.4 is 0 Å². The average Bonchev–Trinajstić information content (AvgIpc) is 3.22. The normalized spacial score (nSPS) is 52.2. The Morgan fingerprint density at radius 1 is 0.233 bits per heavy atom. The van der Waals surface area contributed by atoms with Gasteiger partial charge in [0, 0.05) is 38.5 Å². The van der Waals surface area contributed by atoms with Gasteiger partial charge in [-0.15, -0.1) is 0 Å². The molecule has 24 nitrogen and oxygen atoms in total. The van der Waals surface area contributed by atoms with Crippen molar-refractivity contribution >= 4 is 0 Å². The van der Waals surface area contributed by atoms with Crippen LogP contribution in [-0.4, -0.2) is 249 Å². The first kappa shape index (κ1) is 47.0. The molecule has 0 unspecified atom stereocenters. The molecule has 24 heteroatoms. The predicted molar refractivity (Wildman–Crippen MR) is 187 cm³/mol. The van der Waals surface area contributed by atoms with Gasteiger partial charge in [0.1, 0.15) is 73.2 Å². The molecule has 22 saturated heterocycles. The quantitative estimate of drug-likeness (QED) is 0.118. The van der Waals surface area contributed by atoms with Gasteiger partial charge in [0.25, 0.3) is 0 Å². The largest absolute Gasteiger partial charge is 0.394 e. The molecule has 12 N–H and O–H groups in total. The van der Waals surface area contributed by atoms with E-state index >= 15 is 0 Å². The second-order valence-corrected chi connectivity index (χ2v) is 16.2. The predicted octanol–water partition coefficient (Wildman–Crippen LogP) is -6.88. The first-order valence-electron chi connectivity index (χ1n) is 20.5. The Morgan fingerprint density at radius 2 is 0.367 bits per heavy atom. The van der Waals surface area contributed by atoms with E-state index < -0.39 is 187 Å². The minimum atomic E-state index is -1.41. The minimum Gasteiger partial charge on any atom is -0.394 e. The molecular formula is C36H60O24. The maximum Gasteiger partial charge on any atom is 0.184 e. The van der Waals surface area contributed by atoms with Gasteiger partial charge in [-0.25, -0.2) is 0 Å². The van der Waals surface area contributed by atoms with Crippen molar-refractivity contribution in [2.75, 3.05) is 39.6 Å². The van der Waals surface area contributed by atoms with Crippen molar-refractivity contribution in [3.63, 3.8) is 0 Å². The van der Waals surface area contributed by atoms with Crippen molar-refractivity contribution in [3.8, 4) is 0 Å². The third-order valence-electron chi connectivity index (χ3n) is 12.0. The van der Waals surface area contributed by atoms with E-state index in [0.717, 1.165) is 0 Å². The van der Waals surface area contributed by atoms with Gasteiger partial charge in [0.15, 0.2) is 37.7 Å². The third kappa shape index (κ3) is 10.4. The summed E-state index contributed by atoms with van der Waals surface area (Å²) < 4.78 is 71.0. The summed E-state index contributed by atoms with van der Waals surface area (Å²) in [4.78, 5) is 0. The van der Waals surface area contributed by atoms with Crippen molar-refractivity contribution in [1.82, 2.24) is 0 Å². The Kier molecular flexibility index (Phi) is 16.4. The van der Waals surface area contributed by atoms with Crippen molar-refractivity contribution < 1.29 is 118 Å². The van der Waals surface area contributed by atoms with Crippen molar-refractivity contribution in [2.45, 2.75) is 186 Å². The summed E-state index contributed by atoms with van der Waals surface area (Å²) in [6, 6.07) is 0. The van der Waals surface area contributed by atoms with Gasteiger partial charge in [-0.3, -0.25) is 0 Å². The molecular weight excluding hydrogens is 816 g/mol. The molecule has 22 aliphatic heterocycles. The molecule has 0 aromatic heterocycles. The molecule has 22 aliphatic rings. The molecule has 22 rings (SSSR count). The number of aliphatic hydroxyl groups excluding tert-OH is 12. The monoisotopic (exact) mass is 876 g/mol. The summed E-state index contributed by atoms with van der Waals surface area (Å²) in [5, 5.41) is 128. The molecule has 0 spiro atoms. The van der Waals surface area contributed by atoms with Gasteiger partial charge in [-0.2, -0.15) is 0 Å². The molecule has 60 heavy (non-hydrogen) atoms. The smallest absolute Gasteiger partial charge is 0.184 e.